The van der Waals surface area contributed by atoms with E-state index in [-0.39, 0.29) is 11.9 Å². The first-order valence-corrected chi connectivity index (χ1v) is 11.8. The zero-order valence-corrected chi connectivity index (χ0v) is 21.3. The van der Waals surface area contributed by atoms with E-state index in [0.29, 0.717) is 37.4 Å². The lowest BCUT2D eigenvalue weighted by molar-refractivity contribution is -0.145. The molecule has 2 aromatic carbocycles. The number of hydrogen-bond donors (Lipinski definition) is 0. The first-order chi connectivity index (χ1) is 16.7. The summed E-state index contributed by atoms with van der Waals surface area (Å²) in [6, 6.07) is 14.3. The molecule has 0 radical (unpaired) electrons. The van der Waals surface area contributed by atoms with E-state index in [4.69, 9.17) is 14.2 Å². The minimum Gasteiger partial charge on any atom is -0.497 e. The third-order valence-corrected chi connectivity index (χ3v) is 5.93. The molecule has 2 atom stereocenters. The Morgan fingerprint density at radius 1 is 1.11 bits per heavy atom. The van der Waals surface area contributed by atoms with Gasteiger partial charge < -0.3 is 19.1 Å². The average molecular weight is 481 g/mol. The number of ether oxygens (including phenoxy) is 3. The summed E-state index contributed by atoms with van der Waals surface area (Å²) >= 11 is 0. The second kappa shape index (κ2) is 11.3. The van der Waals surface area contributed by atoms with Crippen LogP contribution in [0.4, 0.5) is 4.79 Å². The summed E-state index contributed by atoms with van der Waals surface area (Å²) in [4.78, 5) is 30.6. The van der Waals surface area contributed by atoms with Gasteiger partial charge in [0.2, 0.25) is 5.91 Å². The van der Waals surface area contributed by atoms with E-state index < -0.39 is 17.7 Å². The van der Waals surface area contributed by atoms with Gasteiger partial charge in [0.05, 0.1) is 20.3 Å². The van der Waals surface area contributed by atoms with Gasteiger partial charge in [0, 0.05) is 31.1 Å². The minimum absolute atomic E-state index is 0.127. The molecule has 0 bridgehead atoms. The predicted octanol–water partition coefficient (Wildman–Crippen LogP) is 4.84. The Morgan fingerprint density at radius 2 is 1.83 bits per heavy atom. The van der Waals surface area contributed by atoms with Gasteiger partial charge in [-0.25, -0.2) is 4.79 Å². The Labute approximate surface area is 208 Å². The van der Waals surface area contributed by atoms with Crippen molar-refractivity contribution < 1.29 is 23.8 Å². The van der Waals surface area contributed by atoms with Gasteiger partial charge in [0.1, 0.15) is 23.1 Å². The summed E-state index contributed by atoms with van der Waals surface area (Å²) < 4.78 is 16.6. The standard InChI is InChI=1S/C28H36N2O5/c1-7-11-22-19-29(18-21-14-15-23(33-5)17-25(21)34-6)26(31)24(16-20-12-9-8-10-13-20)30(22)27(32)35-28(2,3)4/h7-10,12-15,17,22,24H,1,11,16,18-19H2,2-6H3/t22-,24-/m0/s1. The second-order valence-electron chi connectivity index (χ2n) is 9.67. The van der Waals surface area contributed by atoms with E-state index in [1.807, 2.05) is 63.2 Å². The third-order valence-electron chi connectivity index (χ3n) is 5.93. The molecule has 0 unspecified atom stereocenters. The molecule has 35 heavy (non-hydrogen) atoms. The van der Waals surface area contributed by atoms with Crippen LogP contribution in [-0.4, -0.2) is 60.2 Å². The fourth-order valence-corrected chi connectivity index (χ4v) is 4.34. The van der Waals surface area contributed by atoms with Crippen molar-refractivity contribution in [2.45, 2.75) is 57.8 Å². The third kappa shape index (κ3) is 6.56. The lowest BCUT2D eigenvalue weighted by atomic mass is 9.96. The monoisotopic (exact) mass is 480 g/mol. The molecule has 0 aliphatic carbocycles. The van der Waals surface area contributed by atoms with Gasteiger partial charge in [-0.05, 0) is 44.9 Å². The van der Waals surface area contributed by atoms with E-state index in [1.54, 1.807) is 36.2 Å². The highest BCUT2D eigenvalue weighted by Gasteiger charge is 2.44. The molecule has 2 amide bonds. The fourth-order valence-electron chi connectivity index (χ4n) is 4.34. The van der Waals surface area contributed by atoms with Crippen molar-refractivity contribution in [3.8, 4) is 11.5 Å². The van der Waals surface area contributed by atoms with Crippen LogP contribution in [0.1, 0.15) is 38.3 Å². The predicted molar refractivity (Wildman–Crippen MR) is 136 cm³/mol. The number of carbonyl (C=O) groups excluding carboxylic acids is 2. The maximum atomic E-state index is 13.9. The Balaban J connectivity index is 1.97. The molecule has 7 heteroatoms. The Hall–Kier alpha value is -3.48. The molecular formula is C28H36N2O5. The van der Waals surface area contributed by atoms with E-state index in [2.05, 4.69) is 6.58 Å². The van der Waals surface area contributed by atoms with E-state index >= 15 is 0 Å². The van der Waals surface area contributed by atoms with Gasteiger partial charge in [0.25, 0.3) is 0 Å². The molecule has 3 rings (SSSR count). The zero-order valence-electron chi connectivity index (χ0n) is 21.3. The summed E-state index contributed by atoms with van der Waals surface area (Å²) in [5.74, 6) is 1.20. The van der Waals surface area contributed by atoms with Gasteiger partial charge in [0.15, 0.2) is 0 Å². The van der Waals surface area contributed by atoms with Crippen LogP contribution in [-0.2, 0) is 22.5 Å². The summed E-state index contributed by atoms with van der Waals surface area (Å²) in [6.07, 6.45) is 2.22. The number of amides is 2. The van der Waals surface area contributed by atoms with Crippen molar-refractivity contribution in [2.75, 3.05) is 20.8 Å². The number of piperazine rings is 1. The number of benzene rings is 2. The minimum atomic E-state index is -0.699. The molecule has 1 saturated heterocycles. The Bertz CT molecular complexity index is 1030. The molecule has 7 nitrogen and oxygen atoms in total. The first-order valence-electron chi connectivity index (χ1n) is 11.8. The fraction of sp³-hybridized carbons (Fsp3) is 0.429. The molecule has 1 heterocycles. The average Bonchev–Trinajstić information content (AvgIpc) is 2.82. The number of rotatable bonds is 8. The second-order valence-corrected chi connectivity index (χ2v) is 9.67. The maximum Gasteiger partial charge on any atom is 0.411 e. The van der Waals surface area contributed by atoms with E-state index in [9.17, 15) is 9.59 Å². The molecule has 1 aliphatic rings. The van der Waals surface area contributed by atoms with Gasteiger partial charge >= 0.3 is 6.09 Å². The van der Waals surface area contributed by atoms with Crippen molar-refractivity contribution >= 4 is 12.0 Å². The van der Waals surface area contributed by atoms with E-state index in [0.717, 1.165) is 11.1 Å². The van der Waals surface area contributed by atoms with Crippen LogP contribution >= 0.6 is 0 Å². The normalized spacial score (nSPS) is 18.3. The summed E-state index contributed by atoms with van der Waals surface area (Å²) in [6.45, 7) is 10.1. The summed E-state index contributed by atoms with van der Waals surface area (Å²) in [7, 11) is 3.20. The molecule has 188 valence electrons. The number of methoxy groups -OCH3 is 2. The van der Waals surface area contributed by atoms with Crippen LogP contribution in [0.25, 0.3) is 0 Å². The van der Waals surface area contributed by atoms with Gasteiger partial charge in [-0.1, -0.05) is 36.4 Å². The van der Waals surface area contributed by atoms with Gasteiger partial charge in [-0.3, -0.25) is 9.69 Å². The molecule has 0 aromatic heterocycles. The molecule has 0 spiro atoms. The topological polar surface area (TPSA) is 68.3 Å². The Kier molecular flexibility index (Phi) is 8.43. The van der Waals surface area contributed by atoms with Crippen LogP contribution in [0.3, 0.4) is 0 Å². The molecule has 1 fully saturated rings. The van der Waals surface area contributed by atoms with Crippen LogP contribution in [0, 0.1) is 0 Å². The zero-order chi connectivity index (χ0) is 25.6. The van der Waals surface area contributed by atoms with E-state index in [1.165, 1.54) is 0 Å². The number of hydrogen-bond acceptors (Lipinski definition) is 5. The highest BCUT2D eigenvalue weighted by molar-refractivity contribution is 5.87. The number of nitrogens with zero attached hydrogens (tertiary/aromatic N) is 2. The smallest absolute Gasteiger partial charge is 0.411 e. The van der Waals surface area contributed by atoms with Crippen molar-refractivity contribution in [1.29, 1.82) is 0 Å². The molecule has 1 aliphatic heterocycles. The molecule has 0 N–H and O–H groups in total. The Morgan fingerprint density at radius 3 is 2.43 bits per heavy atom. The van der Waals surface area contributed by atoms with Gasteiger partial charge in [-0.15, -0.1) is 6.58 Å². The lowest BCUT2D eigenvalue weighted by Gasteiger charge is -2.46. The quantitative estimate of drug-likeness (QED) is 0.506. The summed E-state index contributed by atoms with van der Waals surface area (Å²) in [5, 5.41) is 0. The lowest BCUT2D eigenvalue weighted by Crippen LogP contribution is -2.64. The molecular weight excluding hydrogens is 444 g/mol. The largest absolute Gasteiger partial charge is 0.497 e. The van der Waals surface area contributed by atoms with Crippen molar-refractivity contribution in [1.82, 2.24) is 9.80 Å². The van der Waals surface area contributed by atoms with Crippen molar-refractivity contribution in [2.24, 2.45) is 0 Å². The molecule has 0 saturated carbocycles. The van der Waals surface area contributed by atoms with Crippen LogP contribution < -0.4 is 9.47 Å². The highest BCUT2D eigenvalue weighted by Crippen LogP contribution is 2.30. The maximum absolute atomic E-state index is 13.9. The van der Waals surface area contributed by atoms with Crippen LogP contribution in [0.5, 0.6) is 11.5 Å². The van der Waals surface area contributed by atoms with Crippen molar-refractivity contribution in [3.63, 3.8) is 0 Å². The van der Waals surface area contributed by atoms with Crippen molar-refractivity contribution in [3.05, 3.63) is 72.3 Å². The molecule has 2 aromatic rings. The van der Waals surface area contributed by atoms with Crippen LogP contribution in [0.15, 0.2) is 61.2 Å². The van der Waals surface area contributed by atoms with Gasteiger partial charge in [-0.2, -0.15) is 0 Å². The SMILES string of the molecule is C=CC[C@H]1CN(Cc2ccc(OC)cc2OC)C(=O)[C@H](Cc2ccccc2)N1C(=O)OC(C)(C)C. The number of carbonyl (C=O) groups is 2. The highest BCUT2D eigenvalue weighted by atomic mass is 16.6. The first kappa shape index (κ1) is 26.1. The summed E-state index contributed by atoms with van der Waals surface area (Å²) in [5.41, 5.74) is 1.16. The van der Waals surface area contributed by atoms with Crippen LogP contribution in [0.2, 0.25) is 0 Å².